The lowest BCUT2D eigenvalue weighted by Crippen LogP contribution is -2.49. The van der Waals surface area contributed by atoms with Gasteiger partial charge >= 0.3 is 6.61 Å². The van der Waals surface area contributed by atoms with Gasteiger partial charge in [-0.15, -0.1) is 0 Å². The normalized spacial score (nSPS) is 14.8. The Balaban J connectivity index is 1.98. The second kappa shape index (κ2) is 12.5. The number of aromatic nitrogens is 2. The number of benzene rings is 1. The summed E-state index contributed by atoms with van der Waals surface area (Å²) in [5, 5.41) is 10.0. The molecule has 4 N–H and O–H groups in total. The van der Waals surface area contributed by atoms with Crippen LogP contribution in [-0.4, -0.2) is 77.8 Å². The lowest BCUT2D eigenvalue weighted by molar-refractivity contribution is -0.133. The summed E-state index contributed by atoms with van der Waals surface area (Å²) in [6, 6.07) is 4.06. The SMILES string of the molecule is C=C/C(C(=O)Nc1cn(CC(=O)N2CCN(CC)CC2)nc1-c1cc(Cl)ccc1OC(F)F)=C(\N)NC. The molecule has 2 amide bonds. The number of nitrogens with zero attached hydrogens (tertiary/aromatic N) is 4. The van der Waals surface area contributed by atoms with Gasteiger partial charge < -0.3 is 30.9 Å². The van der Waals surface area contributed by atoms with Crippen LogP contribution < -0.4 is 21.1 Å². The van der Waals surface area contributed by atoms with Crippen LogP contribution in [0.15, 0.2) is 48.4 Å². The predicted molar refractivity (Wildman–Crippen MR) is 137 cm³/mol. The maximum absolute atomic E-state index is 13.1. The molecule has 0 bridgehead atoms. The third-order valence-electron chi connectivity index (χ3n) is 5.90. The van der Waals surface area contributed by atoms with Gasteiger partial charge in [0.15, 0.2) is 0 Å². The second-order valence-electron chi connectivity index (χ2n) is 8.16. The number of halogens is 3. The molecule has 0 saturated carbocycles. The van der Waals surface area contributed by atoms with E-state index < -0.39 is 12.5 Å². The first-order valence-corrected chi connectivity index (χ1v) is 12.0. The molecule has 2 heterocycles. The van der Waals surface area contributed by atoms with Crippen molar-refractivity contribution in [1.29, 1.82) is 0 Å². The molecule has 3 rings (SSSR count). The minimum Gasteiger partial charge on any atom is -0.434 e. The zero-order chi connectivity index (χ0) is 27.1. The number of amides is 2. The molecule has 0 radical (unpaired) electrons. The van der Waals surface area contributed by atoms with E-state index in [9.17, 15) is 18.4 Å². The average molecular weight is 538 g/mol. The number of piperazine rings is 1. The van der Waals surface area contributed by atoms with Crippen LogP contribution in [0, 0.1) is 0 Å². The van der Waals surface area contributed by atoms with Crippen LogP contribution in [0.4, 0.5) is 14.5 Å². The number of carbonyl (C=O) groups excluding carboxylic acids is 2. The number of carbonyl (C=O) groups is 2. The second-order valence-corrected chi connectivity index (χ2v) is 8.60. The highest BCUT2D eigenvalue weighted by Crippen LogP contribution is 2.37. The third kappa shape index (κ3) is 6.98. The first-order chi connectivity index (χ1) is 17.7. The van der Waals surface area contributed by atoms with Crippen LogP contribution in [0.1, 0.15) is 6.92 Å². The number of rotatable bonds is 10. The number of ether oxygens (including phenoxy) is 1. The summed E-state index contributed by atoms with van der Waals surface area (Å²) in [7, 11) is 1.54. The monoisotopic (exact) mass is 537 g/mol. The van der Waals surface area contributed by atoms with Crippen LogP contribution in [0.2, 0.25) is 5.02 Å². The molecule has 1 aromatic carbocycles. The summed E-state index contributed by atoms with van der Waals surface area (Å²) in [6.07, 6.45) is 2.71. The molecule has 0 atom stereocenters. The molecule has 0 spiro atoms. The Morgan fingerprint density at radius 2 is 2.00 bits per heavy atom. The number of anilines is 1. The molecule has 37 heavy (non-hydrogen) atoms. The smallest absolute Gasteiger partial charge is 0.387 e. The first kappa shape index (κ1) is 27.9. The molecule has 13 heteroatoms. The fourth-order valence-corrected chi connectivity index (χ4v) is 4.05. The van der Waals surface area contributed by atoms with Crippen molar-refractivity contribution in [3.05, 3.63) is 53.5 Å². The van der Waals surface area contributed by atoms with Crippen molar-refractivity contribution in [3.63, 3.8) is 0 Å². The highest BCUT2D eigenvalue weighted by Gasteiger charge is 2.24. The maximum atomic E-state index is 13.1. The Labute approximate surface area is 218 Å². The van der Waals surface area contributed by atoms with E-state index in [1.807, 2.05) is 0 Å². The van der Waals surface area contributed by atoms with Crippen molar-refractivity contribution in [1.82, 2.24) is 24.9 Å². The van der Waals surface area contributed by atoms with Gasteiger partial charge in [0, 0.05) is 50.0 Å². The van der Waals surface area contributed by atoms with Crippen molar-refractivity contribution in [2.75, 3.05) is 45.1 Å². The lowest BCUT2D eigenvalue weighted by Gasteiger charge is -2.34. The van der Waals surface area contributed by atoms with Gasteiger partial charge in [-0.05, 0) is 24.7 Å². The zero-order valence-corrected chi connectivity index (χ0v) is 21.4. The Morgan fingerprint density at radius 3 is 2.59 bits per heavy atom. The van der Waals surface area contributed by atoms with Gasteiger partial charge in [-0.25, -0.2) is 0 Å². The van der Waals surface area contributed by atoms with Crippen LogP contribution in [0.5, 0.6) is 5.75 Å². The van der Waals surface area contributed by atoms with Crippen molar-refractivity contribution >= 4 is 29.1 Å². The Morgan fingerprint density at radius 1 is 1.30 bits per heavy atom. The summed E-state index contributed by atoms with van der Waals surface area (Å²) in [5.74, 6) is -0.907. The zero-order valence-electron chi connectivity index (χ0n) is 20.6. The number of hydrogen-bond acceptors (Lipinski definition) is 7. The summed E-state index contributed by atoms with van der Waals surface area (Å²) in [6.45, 7) is 6.08. The number of alkyl halides is 2. The minimum absolute atomic E-state index is 0.0567. The van der Waals surface area contributed by atoms with Crippen LogP contribution >= 0.6 is 11.6 Å². The van der Waals surface area contributed by atoms with Gasteiger partial charge in [-0.2, -0.15) is 13.9 Å². The topological polar surface area (TPSA) is 118 Å². The Kier molecular flexibility index (Phi) is 9.48. The fourth-order valence-electron chi connectivity index (χ4n) is 3.88. The summed E-state index contributed by atoms with van der Waals surface area (Å²) < 4.78 is 32.2. The van der Waals surface area contributed by atoms with Gasteiger partial charge in [-0.3, -0.25) is 14.3 Å². The Bertz CT molecular complexity index is 1180. The summed E-state index contributed by atoms with van der Waals surface area (Å²) >= 11 is 6.14. The van der Waals surface area contributed by atoms with E-state index in [4.69, 9.17) is 17.3 Å². The molecular weight excluding hydrogens is 508 g/mol. The molecule has 1 fully saturated rings. The molecule has 0 aliphatic carbocycles. The third-order valence-corrected chi connectivity index (χ3v) is 6.14. The molecule has 1 aliphatic rings. The van der Waals surface area contributed by atoms with Gasteiger partial charge in [0.05, 0.1) is 11.3 Å². The summed E-state index contributed by atoms with van der Waals surface area (Å²) in [5.41, 5.74) is 6.23. The van der Waals surface area contributed by atoms with Crippen molar-refractivity contribution in [2.24, 2.45) is 5.73 Å². The van der Waals surface area contributed by atoms with Crippen molar-refractivity contribution in [2.45, 2.75) is 20.1 Å². The maximum Gasteiger partial charge on any atom is 0.387 e. The molecule has 1 aromatic heterocycles. The molecule has 200 valence electrons. The van der Waals surface area contributed by atoms with E-state index in [0.29, 0.717) is 13.1 Å². The van der Waals surface area contributed by atoms with Crippen LogP contribution in [0.3, 0.4) is 0 Å². The van der Waals surface area contributed by atoms with E-state index in [-0.39, 0.29) is 51.6 Å². The van der Waals surface area contributed by atoms with Crippen LogP contribution in [0.25, 0.3) is 11.3 Å². The number of nitrogens with one attached hydrogen (secondary N) is 2. The number of nitrogens with two attached hydrogens (primary N) is 1. The number of hydrogen-bond donors (Lipinski definition) is 3. The van der Waals surface area contributed by atoms with Gasteiger partial charge in [0.25, 0.3) is 5.91 Å². The number of likely N-dealkylation sites (N-methyl/N-ethyl adjacent to an activating group) is 1. The van der Waals surface area contributed by atoms with Crippen molar-refractivity contribution < 1.29 is 23.1 Å². The molecule has 10 nitrogen and oxygen atoms in total. The van der Waals surface area contributed by atoms with Gasteiger partial charge in [-0.1, -0.05) is 31.2 Å². The molecule has 1 saturated heterocycles. The average Bonchev–Trinajstić information content (AvgIpc) is 3.26. The molecule has 0 unspecified atom stereocenters. The highest BCUT2D eigenvalue weighted by molar-refractivity contribution is 6.31. The van der Waals surface area contributed by atoms with Gasteiger partial charge in [0.1, 0.15) is 23.8 Å². The molecule has 2 aromatic rings. The fraction of sp³-hybridized carbons (Fsp3) is 0.375. The Hall–Kier alpha value is -3.64. The van der Waals surface area contributed by atoms with E-state index in [0.717, 1.165) is 19.6 Å². The highest BCUT2D eigenvalue weighted by atomic mass is 35.5. The summed E-state index contributed by atoms with van der Waals surface area (Å²) in [4.78, 5) is 29.9. The lowest BCUT2D eigenvalue weighted by atomic mass is 10.1. The van der Waals surface area contributed by atoms with E-state index >= 15 is 0 Å². The van der Waals surface area contributed by atoms with Gasteiger partial charge in [0.2, 0.25) is 5.91 Å². The van der Waals surface area contributed by atoms with E-state index in [2.05, 4.69) is 38.9 Å². The minimum atomic E-state index is -3.10. The largest absolute Gasteiger partial charge is 0.434 e. The predicted octanol–water partition coefficient (Wildman–Crippen LogP) is 2.48. The standard InChI is InChI=1S/C24H30ClF2N7O3/c1-4-16(22(28)29-3)23(36)30-18-13-34(14-20(35)33-10-8-32(5-2)9-11-33)31-21(18)17-12-15(25)6-7-19(17)37-24(26)27/h4,6-7,12-13,24,29H,1,5,8-11,14,28H2,2-3H3,(H,30,36)/b22-16-. The van der Waals surface area contributed by atoms with Crippen LogP contribution in [-0.2, 0) is 16.1 Å². The van der Waals surface area contributed by atoms with E-state index in [1.54, 1.807) is 11.9 Å². The molecule has 1 aliphatic heterocycles. The van der Waals surface area contributed by atoms with E-state index in [1.165, 1.54) is 35.2 Å². The van der Waals surface area contributed by atoms with Crippen molar-refractivity contribution in [3.8, 4) is 17.0 Å². The first-order valence-electron chi connectivity index (χ1n) is 11.6. The quantitative estimate of drug-likeness (QED) is 0.315. The molecular formula is C24H30ClF2N7O3.